The van der Waals surface area contributed by atoms with Gasteiger partial charge in [0.2, 0.25) is 0 Å². The molecule has 0 aliphatic heterocycles. The lowest BCUT2D eigenvalue weighted by atomic mass is 9.92. The number of carbonyl (C=O) groups excluding carboxylic acids is 1. The van der Waals surface area contributed by atoms with Crippen LogP contribution in [0, 0.1) is 17.2 Å². The van der Waals surface area contributed by atoms with Crippen molar-refractivity contribution in [2.24, 2.45) is 11.3 Å². The Bertz CT molecular complexity index is 568. The third-order valence-electron chi connectivity index (χ3n) is 4.18. The van der Waals surface area contributed by atoms with Gasteiger partial charge in [0.1, 0.15) is 5.82 Å². The first-order valence-electron chi connectivity index (χ1n) is 6.92. The fourth-order valence-corrected chi connectivity index (χ4v) is 2.30. The number of urea groups is 1. The van der Waals surface area contributed by atoms with Crippen LogP contribution in [0.2, 0.25) is 0 Å². The number of amides is 2. The third kappa shape index (κ3) is 3.51. The van der Waals surface area contributed by atoms with E-state index in [4.69, 9.17) is 5.11 Å². The average Bonchev–Trinajstić information content (AvgIpc) is 3.20. The molecule has 114 valence electrons. The number of carboxylic acids is 1. The predicted molar refractivity (Wildman–Crippen MR) is 76.9 cm³/mol. The molecule has 0 bridgehead atoms. The molecule has 0 unspecified atom stereocenters. The van der Waals surface area contributed by atoms with E-state index in [1.807, 2.05) is 0 Å². The summed E-state index contributed by atoms with van der Waals surface area (Å²) < 4.78 is 13.6. The molecule has 0 atom stereocenters. The molecular weight excluding hydrogens is 275 g/mol. The van der Waals surface area contributed by atoms with Gasteiger partial charge in [0, 0.05) is 6.54 Å². The number of hydrogen-bond acceptors (Lipinski definition) is 2. The van der Waals surface area contributed by atoms with E-state index < -0.39 is 17.8 Å². The first-order chi connectivity index (χ1) is 9.84. The molecule has 6 heteroatoms. The van der Waals surface area contributed by atoms with E-state index in [9.17, 15) is 14.0 Å². The minimum Gasteiger partial charge on any atom is -0.478 e. The Balaban J connectivity index is 1.96. The fourth-order valence-electron chi connectivity index (χ4n) is 2.30. The van der Waals surface area contributed by atoms with Gasteiger partial charge in [-0.05, 0) is 42.4 Å². The zero-order chi connectivity index (χ0) is 15.6. The molecule has 5 nitrogen and oxygen atoms in total. The Morgan fingerprint density at radius 1 is 1.38 bits per heavy atom. The third-order valence-corrected chi connectivity index (χ3v) is 4.18. The summed E-state index contributed by atoms with van der Waals surface area (Å²) in [5.41, 5.74) is -0.0620. The van der Waals surface area contributed by atoms with Crippen LogP contribution in [0.3, 0.4) is 0 Å². The van der Waals surface area contributed by atoms with E-state index in [1.165, 1.54) is 0 Å². The number of nitrogens with one attached hydrogen (secondary N) is 2. The lowest BCUT2D eigenvalue weighted by Crippen LogP contribution is -2.35. The van der Waals surface area contributed by atoms with E-state index in [1.54, 1.807) is 0 Å². The predicted octanol–water partition coefficient (Wildman–Crippen LogP) is 3.08. The molecule has 2 amide bonds. The topological polar surface area (TPSA) is 78.4 Å². The van der Waals surface area contributed by atoms with E-state index in [0.29, 0.717) is 12.5 Å². The van der Waals surface area contributed by atoms with E-state index in [0.717, 1.165) is 31.0 Å². The Morgan fingerprint density at radius 2 is 2.05 bits per heavy atom. The summed E-state index contributed by atoms with van der Waals surface area (Å²) in [6, 6.07) is 2.75. The molecule has 3 N–H and O–H groups in total. The largest absolute Gasteiger partial charge is 0.478 e. The molecule has 1 aromatic rings. The lowest BCUT2D eigenvalue weighted by Gasteiger charge is -2.20. The first kappa shape index (κ1) is 15.3. The minimum atomic E-state index is -1.17. The van der Waals surface area contributed by atoms with Crippen LogP contribution >= 0.6 is 0 Å². The number of benzene rings is 1. The Hall–Kier alpha value is -2.11. The molecule has 1 fully saturated rings. The minimum absolute atomic E-state index is 0.0763. The molecule has 0 radical (unpaired) electrons. The molecular formula is C15H19FN2O3. The highest BCUT2D eigenvalue weighted by atomic mass is 19.1. The average molecular weight is 294 g/mol. The van der Waals surface area contributed by atoms with Gasteiger partial charge in [-0.2, -0.15) is 0 Å². The Morgan fingerprint density at radius 3 is 2.57 bits per heavy atom. The van der Waals surface area contributed by atoms with Gasteiger partial charge in [0.15, 0.2) is 0 Å². The summed E-state index contributed by atoms with van der Waals surface area (Å²) in [6.07, 6.45) is 2.15. The zero-order valence-electron chi connectivity index (χ0n) is 12.1. The number of carbonyl (C=O) groups is 2. The van der Waals surface area contributed by atoms with Crippen molar-refractivity contribution in [3.8, 4) is 0 Å². The number of halogens is 1. The maximum absolute atomic E-state index is 13.6. The first-order valence-corrected chi connectivity index (χ1v) is 6.92. The molecule has 1 aromatic carbocycles. The second-order valence-corrected chi connectivity index (χ2v) is 5.82. The van der Waals surface area contributed by atoms with E-state index in [-0.39, 0.29) is 16.7 Å². The number of carboxylic acid groups (broad SMARTS) is 1. The van der Waals surface area contributed by atoms with Crippen LogP contribution in [0.5, 0.6) is 0 Å². The second kappa shape index (κ2) is 5.71. The highest BCUT2D eigenvalue weighted by Crippen LogP contribution is 2.51. The molecule has 2 rings (SSSR count). The van der Waals surface area contributed by atoms with Crippen LogP contribution in [0.4, 0.5) is 14.9 Å². The monoisotopic (exact) mass is 294 g/mol. The van der Waals surface area contributed by atoms with Gasteiger partial charge in [-0.25, -0.2) is 14.0 Å². The Labute approximate surface area is 122 Å². The van der Waals surface area contributed by atoms with Crippen molar-refractivity contribution in [1.82, 2.24) is 5.32 Å². The summed E-state index contributed by atoms with van der Waals surface area (Å²) in [6.45, 7) is 4.77. The molecule has 1 aliphatic rings. The smallest absolute Gasteiger partial charge is 0.335 e. The fraction of sp³-hybridized carbons (Fsp3) is 0.467. The number of rotatable bonds is 5. The van der Waals surface area contributed by atoms with Crippen molar-refractivity contribution in [3.63, 3.8) is 0 Å². The van der Waals surface area contributed by atoms with E-state index in [2.05, 4.69) is 24.5 Å². The van der Waals surface area contributed by atoms with Crippen molar-refractivity contribution >= 4 is 17.7 Å². The number of hydrogen-bond donors (Lipinski definition) is 3. The summed E-state index contributed by atoms with van der Waals surface area (Å²) in [7, 11) is 0. The van der Waals surface area contributed by atoms with Gasteiger partial charge in [-0.3, -0.25) is 0 Å². The van der Waals surface area contributed by atoms with Crippen LogP contribution in [0.25, 0.3) is 0 Å². The number of aromatic carboxylic acids is 1. The quantitative estimate of drug-likeness (QED) is 0.781. The number of anilines is 1. The van der Waals surface area contributed by atoms with Crippen LogP contribution in [0.1, 0.15) is 37.0 Å². The molecule has 0 aromatic heterocycles. The second-order valence-electron chi connectivity index (χ2n) is 5.82. The van der Waals surface area contributed by atoms with Gasteiger partial charge >= 0.3 is 12.0 Å². The normalized spacial score (nSPS) is 15.6. The maximum Gasteiger partial charge on any atom is 0.335 e. The highest BCUT2D eigenvalue weighted by molar-refractivity contribution is 5.93. The highest BCUT2D eigenvalue weighted by Gasteiger charge is 2.45. The van der Waals surface area contributed by atoms with Gasteiger partial charge in [-0.15, -0.1) is 0 Å². The summed E-state index contributed by atoms with van der Waals surface area (Å²) in [4.78, 5) is 22.6. The van der Waals surface area contributed by atoms with Crippen molar-refractivity contribution in [3.05, 3.63) is 29.6 Å². The molecule has 1 saturated carbocycles. The summed E-state index contributed by atoms with van der Waals surface area (Å²) in [5, 5.41) is 13.9. The molecule has 21 heavy (non-hydrogen) atoms. The maximum atomic E-state index is 13.6. The van der Waals surface area contributed by atoms with Gasteiger partial charge < -0.3 is 15.7 Å². The SMILES string of the molecule is CC(C)C1(CNC(=O)Nc2cc(C(=O)O)ccc2F)CC1. The van der Waals surface area contributed by atoms with Crippen molar-refractivity contribution < 1.29 is 19.1 Å². The summed E-state index contributed by atoms with van der Waals surface area (Å²) in [5.74, 6) is -1.36. The Kier molecular flexibility index (Phi) is 4.16. The van der Waals surface area contributed by atoms with Gasteiger partial charge in [0.25, 0.3) is 0 Å². The van der Waals surface area contributed by atoms with Crippen LogP contribution in [0.15, 0.2) is 18.2 Å². The van der Waals surface area contributed by atoms with Gasteiger partial charge in [0.05, 0.1) is 11.3 Å². The van der Waals surface area contributed by atoms with Crippen molar-refractivity contribution in [1.29, 1.82) is 0 Å². The van der Waals surface area contributed by atoms with Crippen LogP contribution in [-0.2, 0) is 0 Å². The van der Waals surface area contributed by atoms with Crippen LogP contribution in [-0.4, -0.2) is 23.7 Å². The van der Waals surface area contributed by atoms with Crippen LogP contribution < -0.4 is 10.6 Å². The van der Waals surface area contributed by atoms with Crippen molar-refractivity contribution in [2.45, 2.75) is 26.7 Å². The standard InChI is InChI=1S/C15H19FN2O3/c1-9(2)15(5-6-15)8-17-14(21)18-12-7-10(13(19)20)3-4-11(12)16/h3-4,7,9H,5-6,8H2,1-2H3,(H,19,20)(H2,17,18,21). The molecule has 0 spiro atoms. The lowest BCUT2D eigenvalue weighted by molar-refractivity contribution is 0.0697. The zero-order valence-corrected chi connectivity index (χ0v) is 12.1. The van der Waals surface area contributed by atoms with Crippen molar-refractivity contribution in [2.75, 3.05) is 11.9 Å². The molecule has 0 heterocycles. The summed E-state index contributed by atoms with van der Waals surface area (Å²) >= 11 is 0. The van der Waals surface area contributed by atoms with Gasteiger partial charge in [-0.1, -0.05) is 13.8 Å². The molecule has 0 saturated heterocycles. The van der Waals surface area contributed by atoms with E-state index >= 15 is 0 Å². The molecule has 1 aliphatic carbocycles.